The minimum absolute atomic E-state index is 0.0639. The summed E-state index contributed by atoms with van der Waals surface area (Å²) in [6.07, 6.45) is 1.76. The average molecular weight is 244 g/mol. The summed E-state index contributed by atoms with van der Waals surface area (Å²) in [5.74, 6) is 0.157. The highest BCUT2D eigenvalue weighted by Crippen LogP contribution is 2.23. The molecule has 1 heterocycles. The van der Waals surface area contributed by atoms with Crippen LogP contribution in [0.3, 0.4) is 0 Å². The molecule has 0 bridgehead atoms. The highest BCUT2D eigenvalue weighted by molar-refractivity contribution is 5.38. The number of aromatic nitrogens is 1. The van der Waals surface area contributed by atoms with Crippen LogP contribution in [0.1, 0.15) is 24.2 Å². The Balaban J connectivity index is 1.99. The van der Waals surface area contributed by atoms with Crippen LogP contribution in [0.15, 0.2) is 42.6 Å². The molecule has 1 aromatic carbocycles. The Hall–Kier alpha value is -2.07. The summed E-state index contributed by atoms with van der Waals surface area (Å²) in [4.78, 5) is 4.26. The molecule has 3 N–H and O–H groups in total. The van der Waals surface area contributed by atoms with Gasteiger partial charge in [-0.1, -0.05) is 12.1 Å². The Morgan fingerprint density at radius 2 is 2.06 bits per heavy atom. The highest BCUT2D eigenvalue weighted by Gasteiger charge is 2.07. The van der Waals surface area contributed by atoms with Crippen molar-refractivity contribution >= 4 is 0 Å². The second-order valence-corrected chi connectivity index (χ2v) is 4.17. The van der Waals surface area contributed by atoms with Crippen LogP contribution in [-0.2, 0) is 6.54 Å². The van der Waals surface area contributed by atoms with E-state index in [2.05, 4.69) is 10.3 Å². The molecule has 4 nitrogen and oxygen atoms in total. The average Bonchev–Trinajstić information content (AvgIpc) is 2.38. The molecule has 0 amide bonds. The number of hydrogen-bond acceptors (Lipinski definition) is 4. The standard InChI is InChI=1S/C14H16N2O2/c1-10(13-4-2-3-7-15-13)16-9-11-5-6-12(17)8-14(11)18/h2-8,10,16-18H,9H2,1H3. The lowest BCUT2D eigenvalue weighted by atomic mass is 10.1. The van der Waals surface area contributed by atoms with Gasteiger partial charge in [0.05, 0.1) is 5.69 Å². The molecule has 0 saturated heterocycles. The molecule has 0 spiro atoms. The van der Waals surface area contributed by atoms with Crippen molar-refractivity contribution in [2.75, 3.05) is 0 Å². The van der Waals surface area contributed by atoms with Crippen LogP contribution in [-0.4, -0.2) is 15.2 Å². The molecule has 0 fully saturated rings. The fraction of sp³-hybridized carbons (Fsp3) is 0.214. The maximum atomic E-state index is 9.66. The van der Waals surface area contributed by atoms with Crippen molar-refractivity contribution in [3.63, 3.8) is 0 Å². The topological polar surface area (TPSA) is 65.4 Å². The number of nitrogens with one attached hydrogen (secondary N) is 1. The predicted octanol–water partition coefficient (Wildman–Crippen LogP) is 2.34. The molecular weight excluding hydrogens is 228 g/mol. The minimum Gasteiger partial charge on any atom is -0.508 e. The molecule has 1 aromatic heterocycles. The zero-order valence-electron chi connectivity index (χ0n) is 10.2. The van der Waals surface area contributed by atoms with Gasteiger partial charge in [0.1, 0.15) is 11.5 Å². The molecule has 0 aliphatic rings. The largest absolute Gasteiger partial charge is 0.508 e. The van der Waals surface area contributed by atoms with E-state index in [1.54, 1.807) is 18.3 Å². The van der Waals surface area contributed by atoms with Crippen molar-refractivity contribution < 1.29 is 10.2 Å². The highest BCUT2D eigenvalue weighted by atomic mass is 16.3. The monoisotopic (exact) mass is 244 g/mol. The number of phenolic OH excluding ortho intramolecular Hbond substituents is 2. The Kier molecular flexibility index (Phi) is 3.79. The van der Waals surface area contributed by atoms with E-state index in [0.717, 1.165) is 11.3 Å². The van der Waals surface area contributed by atoms with Gasteiger partial charge in [-0.25, -0.2) is 0 Å². The van der Waals surface area contributed by atoms with Crippen molar-refractivity contribution in [1.29, 1.82) is 0 Å². The quantitative estimate of drug-likeness (QED) is 0.772. The van der Waals surface area contributed by atoms with Gasteiger partial charge in [-0.2, -0.15) is 0 Å². The molecule has 0 aliphatic carbocycles. The number of benzene rings is 1. The Morgan fingerprint density at radius 3 is 2.72 bits per heavy atom. The summed E-state index contributed by atoms with van der Waals surface area (Å²) in [6, 6.07) is 10.5. The number of rotatable bonds is 4. The Labute approximate surface area is 106 Å². The van der Waals surface area contributed by atoms with Gasteiger partial charge in [-0.05, 0) is 25.1 Å². The van der Waals surface area contributed by atoms with Crippen LogP contribution in [0.2, 0.25) is 0 Å². The van der Waals surface area contributed by atoms with E-state index in [0.29, 0.717) is 6.54 Å². The van der Waals surface area contributed by atoms with Crippen molar-refractivity contribution in [2.45, 2.75) is 19.5 Å². The zero-order chi connectivity index (χ0) is 13.0. The first-order valence-corrected chi connectivity index (χ1v) is 5.82. The zero-order valence-corrected chi connectivity index (χ0v) is 10.2. The number of nitrogens with zero attached hydrogens (tertiary/aromatic N) is 1. The molecule has 4 heteroatoms. The molecule has 1 unspecified atom stereocenters. The normalized spacial score (nSPS) is 12.3. The second kappa shape index (κ2) is 5.51. The summed E-state index contributed by atoms with van der Waals surface area (Å²) in [6.45, 7) is 2.53. The van der Waals surface area contributed by atoms with Crippen LogP contribution in [0.5, 0.6) is 11.5 Å². The summed E-state index contributed by atoms with van der Waals surface area (Å²) in [7, 11) is 0. The summed E-state index contributed by atoms with van der Waals surface area (Å²) >= 11 is 0. The molecule has 2 aromatic rings. The van der Waals surface area contributed by atoms with Gasteiger partial charge >= 0.3 is 0 Å². The van der Waals surface area contributed by atoms with Crippen LogP contribution >= 0.6 is 0 Å². The molecule has 1 atom stereocenters. The molecule has 18 heavy (non-hydrogen) atoms. The van der Waals surface area contributed by atoms with Gasteiger partial charge < -0.3 is 15.5 Å². The smallest absolute Gasteiger partial charge is 0.123 e. The maximum absolute atomic E-state index is 9.66. The molecule has 2 rings (SSSR count). The molecular formula is C14H16N2O2. The fourth-order valence-electron chi connectivity index (χ4n) is 1.70. The summed E-state index contributed by atoms with van der Waals surface area (Å²) < 4.78 is 0. The van der Waals surface area contributed by atoms with E-state index >= 15 is 0 Å². The van der Waals surface area contributed by atoms with Crippen LogP contribution in [0.4, 0.5) is 0 Å². The van der Waals surface area contributed by atoms with E-state index in [1.807, 2.05) is 25.1 Å². The second-order valence-electron chi connectivity index (χ2n) is 4.17. The molecule has 94 valence electrons. The first-order valence-electron chi connectivity index (χ1n) is 5.82. The SMILES string of the molecule is CC(NCc1ccc(O)cc1O)c1ccccn1. The van der Waals surface area contributed by atoms with E-state index in [4.69, 9.17) is 0 Å². The third-order valence-corrected chi connectivity index (χ3v) is 2.80. The number of phenols is 2. The third-order valence-electron chi connectivity index (χ3n) is 2.80. The van der Waals surface area contributed by atoms with Gasteiger partial charge in [0.15, 0.2) is 0 Å². The van der Waals surface area contributed by atoms with Crippen LogP contribution in [0, 0.1) is 0 Å². The summed E-state index contributed by atoms with van der Waals surface area (Å²) in [5.41, 5.74) is 1.70. The van der Waals surface area contributed by atoms with Gasteiger partial charge in [0.25, 0.3) is 0 Å². The Morgan fingerprint density at radius 1 is 1.22 bits per heavy atom. The minimum atomic E-state index is 0.0639. The first kappa shape index (κ1) is 12.4. The van der Waals surface area contributed by atoms with E-state index < -0.39 is 0 Å². The lowest BCUT2D eigenvalue weighted by Gasteiger charge is -2.13. The van der Waals surface area contributed by atoms with Crippen molar-refractivity contribution in [3.8, 4) is 11.5 Å². The van der Waals surface area contributed by atoms with Crippen molar-refractivity contribution in [3.05, 3.63) is 53.9 Å². The van der Waals surface area contributed by atoms with Crippen LogP contribution < -0.4 is 5.32 Å². The molecule has 0 radical (unpaired) electrons. The van der Waals surface area contributed by atoms with E-state index in [-0.39, 0.29) is 17.5 Å². The van der Waals surface area contributed by atoms with Gasteiger partial charge in [0, 0.05) is 30.4 Å². The van der Waals surface area contributed by atoms with Crippen molar-refractivity contribution in [1.82, 2.24) is 10.3 Å². The van der Waals surface area contributed by atoms with Gasteiger partial charge in [0.2, 0.25) is 0 Å². The first-order chi connectivity index (χ1) is 8.66. The molecule has 0 aliphatic heterocycles. The van der Waals surface area contributed by atoms with Crippen molar-refractivity contribution in [2.24, 2.45) is 0 Å². The summed E-state index contributed by atoms with van der Waals surface area (Å²) in [5, 5.41) is 22.1. The number of pyridine rings is 1. The maximum Gasteiger partial charge on any atom is 0.123 e. The molecule has 0 saturated carbocycles. The predicted molar refractivity (Wildman–Crippen MR) is 69.3 cm³/mol. The Bertz CT molecular complexity index is 514. The third kappa shape index (κ3) is 2.99. The van der Waals surface area contributed by atoms with Crippen LogP contribution in [0.25, 0.3) is 0 Å². The fourth-order valence-corrected chi connectivity index (χ4v) is 1.70. The van der Waals surface area contributed by atoms with Gasteiger partial charge in [-0.3, -0.25) is 4.98 Å². The lowest BCUT2D eigenvalue weighted by molar-refractivity contribution is 0.441. The van der Waals surface area contributed by atoms with E-state index in [1.165, 1.54) is 6.07 Å². The van der Waals surface area contributed by atoms with Gasteiger partial charge in [-0.15, -0.1) is 0 Å². The lowest BCUT2D eigenvalue weighted by Crippen LogP contribution is -2.18. The number of aromatic hydroxyl groups is 2. The number of hydrogen-bond donors (Lipinski definition) is 3. The van der Waals surface area contributed by atoms with E-state index in [9.17, 15) is 10.2 Å².